The van der Waals surface area contributed by atoms with Gasteiger partial charge in [0.2, 0.25) is 5.91 Å². The highest BCUT2D eigenvalue weighted by molar-refractivity contribution is 5.74. The summed E-state index contributed by atoms with van der Waals surface area (Å²) in [5, 5.41) is 7.25. The predicted molar refractivity (Wildman–Crippen MR) is 98.6 cm³/mol. The highest BCUT2D eigenvalue weighted by Crippen LogP contribution is 2.27. The van der Waals surface area contributed by atoms with Crippen molar-refractivity contribution < 1.29 is 9.32 Å². The molecule has 27 heavy (non-hydrogen) atoms. The van der Waals surface area contributed by atoms with Crippen LogP contribution in [-0.2, 0) is 24.3 Å². The molecule has 8 nitrogen and oxygen atoms in total. The average Bonchev–Trinajstić information content (AvgIpc) is 3.11. The SMILES string of the molecule is CC(=O)N1CCc2c(nc(-c3ccccn3)nc2NCc2cc(C)no2)C1. The topological polar surface area (TPSA) is 97.0 Å². The second-order valence-corrected chi connectivity index (χ2v) is 6.51. The first kappa shape index (κ1) is 17.1. The Hall–Kier alpha value is -3.29. The standard InChI is InChI=1S/C19H20N6O2/c1-12-9-14(27-24-12)10-21-18-15-6-8-25(13(2)26)11-17(15)22-19(23-18)16-5-3-4-7-20-16/h3-5,7,9H,6,8,10-11H2,1-2H3,(H,21,22,23). The van der Waals surface area contributed by atoms with Gasteiger partial charge in [0, 0.05) is 31.3 Å². The number of amides is 1. The molecule has 8 heteroatoms. The predicted octanol–water partition coefficient (Wildman–Crippen LogP) is 2.35. The number of fused-ring (bicyclic) bond motifs is 1. The van der Waals surface area contributed by atoms with Crippen molar-refractivity contribution in [1.82, 2.24) is 25.0 Å². The molecule has 138 valence electrons. The van der Waals surface area contributed by atoms with E-state index < -0.39 is 0 Å². The van der Waals surface area contributed by atoms with Gasteiger partial charge in [-0.25, -0.2) is 9.97 Å². The van der Waals surface area contributed by atoms with Crippen molar-refractivity contribution in [2.45, 2.75) is 33.4 Å². The van der Waals surface area contributed by atoms with E-state index in [0.717, 1.165) is 28.5 Å². The van der Waals surface area contributed by atoms with E-state index in [1.807, 2.05) is 31.2 Å². The Morgan fingerprint density at radius 2 is 2.22 bits per heavy atom. The van der Waals surface area contributed by atoms with Gasteiger partial charge in [0.05, 0.1) is 24.5 Å². The van der Waals surface area contributed by atoms with Crippen LogP contribution >= 0.6 is 0 Å². The van der Waals surface area contributed by atoms with Gasteiger partial charge < -0.3 is 14.7 Å². The molecule has 1 aliphatic heterocycles. The highest BCUT2D eigenvalue weighted by atomic mass is 16.5. The van der Waals surface area contributed by atoms with Crippen LogP contribution in [0.4, 0.5) is 5.82 Å². The lowest BCUT2D eigenvalue weighted by molar-refractivity contribution is -0.129. The van der Waals surface area contributed by atoms with Gasteiger partial charge in [0.25, 0.3) is 0 Å². The number of carbonyl (C=O) groups is 1. The molecule has 0 unspecified atom stereocenters. The molecule has 0 spiro atoms. The summed E-state index contributed by atoms with van der Waals surface area (Å²) < 4.78 is 5.27. The van der Waals surface area contributed by atoms with E-state index in [1.165, 1.54) is 0 Å². The van der Waals surface area contributed by atoms with E-state index >= 15 is 0 Å². The number of aromatic nitrogens is 4. The van der Waals surface area contributed by atoms with Crippen LogP contribution in [0.5, 0.6) is 0 Å². The van der Waals surface area contributed by atoms with Gasteiger partial charge in [-0.3, -0.25) is 9.78 Å². The van der Waals surface area contributed by atoms with Crippen molar-refractivity contribution in [2.24, 2.45) is 0 Å². The number of anilines is 1. The van der Waals surface area contributed by atoms with Gasteiger partial charge in [0.15, 0.2) is 11.6 Å². The number of hydrogen-bond acceptors (Lipinski definition) is 7. The third kappa shape index (κ3) is 3.64. The third-order valence-corrected chi connectivity index (χ3v) is 4.51. The summed E-state index contributed by atoms with van der Waals surface area (Å²) in [6.45, 7) is 5.07. The third-order valence-electron chi connectivity index (χ3n) is 4.51. The summed E-state index contributed by atoms with van der Waals surface area (Å²) in [4.78, 5) is 27.3. The Kier molecular flexibility index (Phi) is 4.53. The molecule has 4 heterocycles. The summed E-state index contributed by atoms with van der Waals surface area (Å²) in [6.07, 6.45) is 2.42. The van der Waals surface area contributed by atoms with Crippen molar-refractivity contribution in [2.75, 3.05) is 11.9 Å². The van der Waals surface area contributed by atoms with Gasteiger partial charge in [0.1, 0.15) is 11.5 Å². The number of carbonyl (C=O) groups excluding carboxylic acids is 1. The molecular formula is C19H20N6O2. The number of nitrogens with one attached hydrogen (secondary N) is 1. The molecule has 0 saturated carbocycles. The maximum absolute atomic E-state index is 11.8. The molecule has 0 fully saturated rings. The zero-order valence-electron chi connectivity index (χ0n) is 15.3. The van der Waals surface area contributed by atoms with E-state index in [9.17, 15) is 4.79 Å². The van der Waals surface area contributed by atoms with Gasteiger partial charge in [-0.2, -0.15) is 0 Å². The minimum Gasteiger partial charge on any atom is -0.362 e. The number of pyridine rings is 1. The summed E-state index contributed by atoms with van der Waals surface area (Å²) in [7, 11) is 0. The molecule has 4 rings (SSSR count). The second kappa shape index (κ2) is 7.14. The minimum atomic E-state index is 0.0466. The van der Waals surface area contributed by atoms with Crippen LogP contribution in [0.2, 0.25) is 0 Å². The maximum Gasteiger partial charge on any atom is 0.219 e. The number of aryl methyl sites for hydroxylation is 1. The van der Waals surface area contributed by atoms with Crippen LogP contribution in [0, 0.1) is 6.92 Å². The summed E-state index contributed by atoms with van der Waals surface area (Å²) in [5.74, 6) is 2.07. The van der Waals surface area contributed by atoms with Crippen molar-refractivity contribution in [1.29, 1.82) is 0 Å². The normalized spacial score (nSPS) is 13.3. The molecule has 3 aromatic rings. The van der Waals surface area contributed by atoms with Crippen molar-refractivity contribution in [3.8, 4) is 11.5 Å². The smallest absolute Gasteiger partial charge is 0.219 e. The van der Waals surface area contributed by atoms with Gasteiger partial charge in [-0.15, -0.1) is 0 Å². The summed E-state index contributed by atoms with van der Waals surface area (Å²) >= 11 is 0. The zero-order chi connectivity index (χ0) is 18.8. The van der Waals surface area contributed by atoms with E-state index in [-0.39, 0.29) is 5.91 Å². The van der Waals surface area contributed by atoms with Crippen molar-refractivity contribution in [3.05, 3.63) is 53.2 Å². The molecule has 0 aromatic carbocycles. The maximum atomic E-state index is 11.8. The molecule has 1 amide bonds. The Bertz CT molecular complexity index is 970. The number of nitrogens with zero attached hydrogens (tertiary/aromatic N) is 5. The first-order valence-corrected chi connectivity index (χ1v) is 8.83. The Balaban J connectivity index is 1.70. The van der Waals surface area contributed by atoms with Gasteiger partial charge >= 0.3 is 0 Å². The fraction of sp³-hybridized carbons (Fsp3) is 0.316. The van der Waals surface area contributed by atoms with E-state index in [0.29, 0.717) is 37.6 Å². The largest absolute Gasteiger partial charge is 0.362 e. The molecule has 0 bridgehead atoms. The monoisotopic (exact) mass is 364 g/mol. The lowest BCUT2D eigenvalue weighted by Gasteiger charge is -2.28. The number of hydrogen-bond donors (Lipinski definition) is 1. The molecule has 0 aliphatic carbocycles. The summed E-state index contributed by atoms with van der Waals surface area (Å²) in [5.41, 5.74) is 3.41. The molecular weight excluding hydrogens is 344 g/mol. The molecule has 1 N–H and O–H groups in total. The van der Waals surface area contributed by atoms with Crippen LogP contribution in [-0.4, -0.2) is 37.5 Å². The average molecular weight is 364 g/mol. The Morgan fingerprint density at radius 3 is 2.93 bits per heavy atom. The highest BCUT2D eigenvalue weighted by Gasteiger charge is 2.24. The van der Waals surface area contributed by atoms with Crippen LogP contribution in [0.15, 0.2) is 35.0 Å². The lowest BCUT2D eigenvalue weighted by Crippen LogP contribution is -2.35. The first-order chi connectivity index (χ1) is 13.1. The summed E-state index contributed by atoms with van der Waals surface area (Å²) in [6, 6.07) is 7.51. The quantitative estimate of drug-likeness (QED) is 0.759. The fourth-order valence-corrected chi connectivity index (χ4v) is 3.13. The minimum absolute atomic E-state index is 0.0466. The van der Waals surface area contributed by atoms with Crippen molar-refractivity contribution in [3.63, 3.8) is 0 Å². The van der Waals surface area contributed by atoms with Crippen LogP contribution < -0.4 is 5.32 Å². The van der Waals surface area contributed by atoms with Crippen LogP contribution in [0.25, 0.3) is 11.5 Å². The molecule has 3 aromatic heterocycles. The first-order valence-electron chi connectivity index (χ1n) is 8.83. The molecule has 0 radical (unpaired) electrons. The van der Waals surface area contributed by atoms with Gasteiger partial charge in [-0.05, 0) is 25.5 Å². The molecule has 1 aliphatic rings. The fourth-order valence-electron chi connectivity index (χ4n) is 3.13. The van der Waals surface area contributed by atoms with Gasteiger partial charge in [-0.1, -0.05) is 11.2 Å². The Labute approximate surface area is 156 Å². The van der Waals surface area contributed by atoms with Crippen LogP contribution in [0.1, 0.15) is 29.6 Å². The lowest BCUT2D eigenvalue weighted by atomic mass is 10.0. The molecule has 0 saturated heterocycles. The van der Waals surface area contributed by atoms with E-state index in [1.54, 1.807) is 18.0 Å². The zero-order valence-corrected chi connectivity index (χ0v) is 15.3. The molecule has 0 atom stereocenters. The number of rotatable bonds is 4. The van der Waals surface area contributed by atoms with Crippen LogP contribution in [0.3, 0.4) is 0 Å². The Morgan fingerprint density at radius 1 is 1.33 bits per heavy atom. The van der Waals surface area contributed by atoms with Crippen molar-refractivity contribution >= 4 is 11.7 Å². The van der Waals surface area contributed by atoms with E-state index in [4.69, 9.17) is 14.5 Å². The van der Waals surface area contributed by atoms with E-state index in [2.05, 4.69) is 15.5 Å². The second-order valence-electron chi connectivity index (χ2n) is 6.51.